The van der Waals surface area contributed by atoms with Gasteiger partial charge in [-0.25, -0.2) is 9.78 Å². The Morgan fingerprint density at radius 2 is 1.80 bits per heavy atom. The highest BCUT2D eigenvalue weighted by molar-refractivity contribution is 5.86. The lowest BCUT2D eigenvalue weighted by Crippen LogP contribution is -2.43. The highest BCUT2D eigenvalue weighted by Gasteiger charge is 2.23. The second kappa shape index (κ2) is 8.72. The van der Waals surface area contributed by atoms with Gasteiger partial charge in [0.25, 0.3) is 0 Å². The van der Waals surface area contributed by atoms with Gasteiger partial charge >= 0.3 is 11.9 Å². The van der Waals surface area contributed by atoms with E-state index in [1.165, 1.54) is 14.2 Å². The van der Waals surface area contributed by atoms with E-state index in [4.69, 9.17) is 4.74 Å². The predicted molar refractivity (Wildman–Crippen MR) is 88.4 cm³/mol. The van der Waals surface area contributed by atoms with E-state index in [0.29, 0.717) is 11.2 Å². The summed E-state index contributed by atoms with van der Waals surface area (Å²) in [5.41, 5.74) is 1.98. The Bertz CT molecular complexity index is 778. The first-order chi connectivity index (χ1) is 12.0. The molecule has 1 aromatic heterocycles. The molecule has 0 aliphatic rings. The van der Waals surface area contributed by atoms with E-state index in [0.717, 1.165) is 5.52 Å². The summed E-state index contributed by atoms with van der Waals surface area (Å²) < 4.78 is 9.21. The van der Waals surface area contributed by atoms with E-state index in [2.05, 4.69) is 20.0 Å². The van der Waals surface area contributed by atoms with E-state index in [1.54, 1.807) is 6.20 Å². The lowest BCUT2D eigenvalue weighted by Gasteiger charge is -2.16. The van der Waals surface area contributed by atoms with Crippen molar-refractivity contribution in [2.45, 2.75) is 25.3 Å². The van der Waals surface area contributed by atoms with Gasteiger partial charge in [-0.05, 0) is 12.1 Å². The van der Waals surface area contributed by atoms with Crippen LogP contribution in [-0.4, -0.2) is 48.1 Å². The van der Waals surface area contributed by atoms with E-state index in [-0.39, 0.29) is 19.3 Å². The van der Waals surface area contributed by atoms with Crippen molar-refractivity contribution in [3.63, 3.8) is 0 Å². The average Bonchev–Trinajstić information content (AvgIpc) is 2.64. The summed E-state index contributed by atoms with van der Waals surface area (Å²) in [7, 11) is 2.48. The number of hydrogen-bond donors (Lipinski definition) is 1. The fourth-order valence-corrected chi connectivity index (χ4v) is 2.22. The molecule has 0 fully saturated rings. The minimum Gasteiger partial charge on any atom is -0.469 e. The maximum atomic E-state index is 11.9. The number of nitrogens with zero attached hydrogens (tertiary/aromatic N) is 2. The maximum absolute atomic E-state index is 11.9. The quantitative estimate of drug-likeness (QED) is 0.739. The number of esters is 2. The number of hydrogen-bond acceptors (Lipinski definition) is 7. The average molecular weight is 345 g/mol. The van der Waals surface area contributed by atoms with Crippen LogP contribution in [0.5, 0.6) is 0 Å². The number of methoxy groups -OCH3 is 2. The van der Waals surface area contributed by atoms with Crippen LogP contribution in [0, 0.1) is 0 Å². The van der Waals surface area contributed by atoms with Crippen molar-refractivity contribution in [3.05, 3.63) is 36.2 Å². The van der Waals surface area contributed by atoms with Crippen LogP contribution in [-0.2, 0) is 30.3 Å². The molecule has 1 amide bonds. The zero-order chi connectivity index (χ0) is 18.2. The lowest BCUT2D eigenvalue weighted by atomic mass is 10.1. The highest BCUT2D eigenvalue weighted by Crippen LogP contribution is 2.10. The van der Waals surface area contributed by atoms with Crippen LogP contribution in [0.1, 0.15) is 18.5 Å². The molecule has 0 saturated heterocycles. The summed E-state index contributed by atoms with van der Waals surface area (Å²) in [6, 6.07) is 6.43. The van der Waals surface area contributed by atoms with E-state index in [1.807, 2.05) is 24.3 Å². The predicted octanol–water partition coefficient (Wildman–Crippen LogP) is 0.783. The molecule has 2 rings (SSSR count). The van der Waals surface area contributed by atoms with E-state index in [9.17, 15) is 14.4 Å². The standard InChI is InChI=1S/C17H19N3O5/c1-24-16(22)8-7-15(21)20-14(17(23)25-2)9-11-10-18-12-5-3-4-6-13(12)19-11/h3-6,10,14H,7-9H2,1-2H3,(H,20,21)/t14-/m0/s1. The van der Waals surface area contributed by atoms with Crippen LogP contribution in [0.3, 0.4) is 0 Å². The normalized spacial score (nSPS) is 11.6. The first-order valence-corrected chi connectivity index (χ1v) is 7.68. The number of amides is 1. The zero-order valence-corrected chi connectivity index (χ0v) is 14.0. The van der Waals surface area contributed by atoms with Crippen LogP contribution in [0.15, 0.2) is 30.5 Å². The monoisotopic (exact) mass is 345 g/mol. The molecule has 1 heterocycles. The number of nitrogens with one attached hydrogen (secondary N) is 1. The van der Waals surface area contributed by atoms with Gasteiger partial charge in [0.1, 0.15) is 6.04 Å². The van der Waals surface area contributed by atoms with Crippen LogP contribution < -0.4 is 5.32 Å². The van der Waals surface area contributed by atoms with Crippen molar-refractivity contribution >= 4 is 28.9 Å². The number of carbonyl (C=O) groups is 3. The van der Waals surface area contributed by atoms with Crippen LogP contribution >= 0.6 is 0 Å². The molecule has 0 radical (unpaired) electrons. The molecule has 25 heavy (non-hydrogen) atoms. The largest absolute Gasteiger partial charge is 0.469 e. The summed E-state index contributed by atoms with van der Waals surface area (Å²) in [4.78, 5) is 43.7. The molecule has 1 N–H and O–H groups in total. The number of para-hydroxylation sites is 2. The molecule has 0 saturated carbocycles. The molecule has 0 aliphatic heterocycles. The van der Waals surface area contributed by atoms with Crippen molar-refractivity contribution in [2.24, 2.45) is 0 Å². The molecule has 2 aromatic rings. The number of carbonyl (C=O) groups excluding carboxylic acids is 3. The molecule has 0 spiro atoms. The summed E-state index contributed by atoms with van der Waals surface area (Å²) in [5, 5.41) is 2.55. The maximum Gasteiger partial charge on any atom is 0.328 e. The van der Waals surface area contributed by atoms with Gasteiger partial charge in [0, 0.05) is 19.0 Å². The van der Waals surface area contributed by atoms with Crippen molar-refractivity contribution in [3.8, 4) is 0 Å². The van der Waals surface area contributed by atoms with Gasteiger partial charge in [0.2, 0.25) is 5.91 Å². The van der Waals surface area contributed by atoms with Gasteiger partial charge in [-0.15, -0.1) is 0 Å². The molecule has 8 heteroatoms. The Morgan fingerprint density at radius 1 is 1.08 bits per heavy atom. The first kappa shape index (κ1) is 18.3. The topological polar surface area (TPSA) is 107 Å². The Balaban J connectivity index is 2.07. The highest BCUT2D eigenvalue weighted by atomic mass is 16.5. The molecule has 1 aromatic carbocycles. The Morgan fingerprint density at radius 3 is 2.48 bits per heavy atom. The summed E-state index contributed by atoms with van der Waals surface area (Å²) >= 11 is 0. The summed E-state index contributed by atoms with van der Waals surface area (Å²) in [6.45, 7) is 0. The smallest absolute Gasteiger partial charge is 0.328 e. The minimum atomic E-state index is -0.911. The third-order valence-electron chi connectivity index (χ3n) is 3.52. The van der Waals surface area contributed by atoms with Crippen LogP contribution in [0.25, 0.3) is 11.0 Å². The summed E-state index contributed by atoms with van der Waals surface area (Å²) in [6.07, 6.45) is 1.54. The van der Waals surface area contributed by atoms with Crippen molar-refractivity contribution in [1.82, 2.24) is 15.3 Å². The molecular weight excluding hydrogens is 326 g/mol. The molecule has 0 aliphatic carbocycles. The third kappa shape index (κ3) is 5.23. The Hall–Kier alpha value is -3.03. The number of rotatable bonds is 7. The molecule has 132 valence electrons. The minimum absolute atomic E-state index is 0.0635. The third-order valence-corrected chi connectivity index (χ3v) is 3.52. The van der Waals surface area contributed by atoms with Crippen LogP contribution in [0.2, 0.25) is 0 Å². The second-order valence-corrected chi connectivity index (χ2v) is 5.27. The lowest BCUT2D eigenvalue weighted by molar-refractivity contribution is -0.145. The molecule has 8 nitrogen and oxygen atoms in total. The summed E-state index contributed by atoms with van der Waals surface area (Å²) in [5.74, 6) is -1.54. The van der Waals surface area contributed by atoms with Crippen molar-refractivity contribution in [1.29, 1.82) is 0 Å². The van der Waals surface area contributed by atoms with Crippen molar-refractivity contribution in [2.75, 3.05) is 14.2 Å². The van der Waals surface area contributed by atoms with Gasteiger partial charge in [-0.1, -0.05) is 12.1 Å². The van der Waals surface area contributed by atoms with Gasteiger partial charge in [-0.2, -0.15) is 0 Å². The first-order valence-electron chi connectivity index (χ1n) is 7.68. The number of benzene rings is 1. The van der Waals surface area contributed by atoms with E-state index >= 15 is 0 Å². The molecule has 1 atom stereocenters. The van der Waals surface area contributed by atoms with Gasteiger partial charge < -0.3 is 14.8 Å². The number of fused-ring (bicyclic) bond motifs is 1. The molecule has 0 bridgehead atoms. The fourth-order valence-electron chi connectivity index (χ4n) is 2.22. The Labute approximate surface area is 144 Å². The molecule has 0 unspecified atom stereocenters. The SMILES string of the molecule is COC(=O)CCC(=O)N[C@@H](Cc1cnc2ccccc2n1)C(=O)OC. The van der Waals surface area contributed by atoms with Crippen LogP contribution in [0.4, 0.5) is 0 Å². The second-order valence-electron chi connectivity index (χ2n) is 5.27. The fraction of sp³-hybridized carbons (Fsp3) is 0.353. The number of aromatic nitrogens is 2. The molecular formula is C17H19N3O5. The van der Waals surface area contributed by atoms with Gasteiger partial charge in [-0.3, -0.25) is 14.6 Å². The Kier molecular flexibility index (Phi) is 6.39. The number of ether oxygens (including phenoxy) is 2. The van der Waals surface area contributed by atoms with Gasteiger partial charge in [0.05, 0.1) is 37.4 Å². The van der Waals surface area contributed by atoms with Crippen molar-refractivity contribution < 1.29 is 23.9 Å². The van der Waals surface area contributed by atoms with E-state index < -0.39 is 23.9 Å². The van der Waals surface area contributed by atoms with Gasteiger partial charge in [0.15, 0.2) is 0 Å². The zero-order valence-electron chi connectivity index (χ0n) is 14.0.